The Morgan fingerprint density at radius 3 is 2.67 bits per heavy atom. The predicted octanol–water partition coefficient (Wildman–Crippen LogP) is 1.13. The molecule has 1 aromatic rings. The van der Waals surface area contributed by atoms with Crippen LogP contribution in [0.2, 0.25) is 0 Å². The van der Waals surface area contributed by atoms with Gasteiger partial charge in [0.1, 0.15) is 5.75 Å². The Labute approximate surface area is 72.3 Å². The molecule has 3 heteroatoms. The van der Waals surface area contributed by atoms with E-state index >= 15 is 0 Å². The molecular formula is C9H14N2O. The van der Waals surface area contributed by atoms with E-state index < -0.39 is 0 Å². The maximum absolute atomic E-state index is 5.70. The fourth-order valence-corrected chi connectivity index (χ4v) is 1.01. The minimum absolute atomic E-state index is 0.511. The van der Waals surface area contributed by atoms with Crippen LogP contribution in [0.5, 0.6) is 5.75 Å². The zero-order chi connectivity index (χ0) is 8.97. The number of nitrogens with two attached hydrogens (primary N) is 2. The molecule has 0 aliphatic rings. The summed E-state index contributed by atoms with van der Waals surface area (Å²) in [5.74, 6) is 0.731. The Hall–Kier alpha value is -1.22. The number of anilines is 1. The standard InChI is InChI=1S/C9H14N2O/c1-2-12-9-4-3-7(6-10)5-8(9)11/h3-5H,2,6,10-11H2,1H3. The van der Waals surface area contributed by atoms with Crippen molar-refractivity contribution in [3.05, 3.63) is 23.8 Å². The van der Waals surface area contributed by atoms with Crippen LogP contribution < -0.4 is 16.2 Å². The molecule has 0 aromatic heterocycles. The van der Waals surface area contributed by atoms with E-state index in [-0.39, 0.29) is 0 Å². The van der Waals surface area contributed by atoms with E-state index in [9.17, 15) is 0 Å². The Morgan fingerprint density at radius 2 is 2.17 bits per heavy atom. The van der Waals surface area contributed by atoms with Gasteiger partial charge in [0, 0.05) is 6.54 Å². The Balaban J connectivity index is 2.87. The molecule has 0 heterocycles. The fourth-order valence-electron chi connectivity index (χ4n) is 1.01. The van der Waals surface area contributed by atoms with Crippen LogP contribution in [-0.2, 0) is 6.54 Å². The van der Waals surface area contributed by atoms with E-state index in [1.807, 2.05) is 25.1 Å². The summed E-state index contributed by atoms with van der Waals surface area (Å²) in [6, 6.07) is 5.60. The number of rotatable bonds is 3. The van der Waals surface area contributed by atoms with E-state index in [0.717, 1.165) is 11.3 Å². The summed E-state index contributed by atoms with van der Waals surface area (Å²) in [4.78, 5) is 0. The molecule has 0 saturated heterocycles. The summed E-state index contributed by atoms with van der Waals surface area (Å²) in [6.07, 6.45) is 0. The number of hydrogen-bond acceptors (Lipinski definition) is 3. The molecule has 0 spiro atoms. The van der Waals surface area contributed by atoms with Crippen molar-refractivity contribution in [1.82, 2.24) is 0 Å². The molecule has 1 rings (SSSR count). The van der Waals surface area contributed by atoms with Crippen LogP contribution in [0.25, 0.3) is 0 Å². The van der Waals surface area contributed by atoms with Gasteiger partial charge in [-0.25, -0.2) is 0 Å². The van der Waals surface area contributed by atoms with E-state index in [1.54, 1.807) is 0 Å². The van der Waals surface area contributed by atoms with Crippen LogP contribution in [0.4, 0.5) is 5.69 Å². The second-order valence-corrected chi connectivity index (χ2v) is 2.51. The minimum atomic E-state index is 0.511. The van der Waals surface area contributed by atoms with Crippen molar-refractivity contribution in [2.75, 3.05) is 12.3 Å². The molecule has 12 heavy (non-hydrogen) atoms. The third kappa shape index (κ3) is 1.89. The van der Waals surface area contributed by atoms with E-state index in [2.05, 4.69) is 0 Å². The van der Waals surface area contributed by atoms with E-state index in [1.165, 1.54) is 0 Å². The molecule has 0 fully saturated rings. The van der Waals surface area contributed by atoms with Gasteiger partial charge in [-0.2, -0.15) is 0 Å². The van der Waals surface area contributed by atoms with Gasteiger partial charge in [-0.1, -0.05) is 6.07 Å². The lowest BCUT2D eigenvalue weighted by Crippen LogP contribution is -2.00. The maximum atomic E-state index is 5.70. The van der Waals surface area contributed by atoms with Gasteiger partial charge in [0.05, 0.1) is 12.3 Å². The van der Waals surface area contributed by atoms with Gasteiger partial charge in [0.2, 0.25) is 0 Å². The van der Waals surface area contributed by atoms with Gasteiger partial charge < -0.3 is 16.2 Å². The highest BCUT2D eigenvalue weighted by Gasteiger charge is 1.99. The summed E-state index contributed by atoms with van der Waals surface area (Å²) in [7, 11) is 0. The molecule has 0 saturated carbocycles. The molecule has 1 aromatic carbocycles. The summed E-state index contributed by atoms with van der Waals surface area (Å²) in [6.45, 7) is 3.07. The molecule has 0 atom stereocenters. The fraction of sp³-hybridized carbons (Fsp3) is 0.333. The zero-order valence-corrected chi connectivity index (χ0v) is 7.21. The maximum Gasteiger partial charge on any atom is 0.142 e. The predicted molar refractivity (Wildman–Crippen MR) is 49.9 cm³/mol. The molecular weight excluding hydrogens is 152 g/mol. The minimum Gasteiger partial charge on any atom is -0.492 e. The molecule has 0 bridgehead atoms. The van der Waals surface area contributed by atoms with Crippen molar-refractivity contribution >= 4 is 5.69 Å². The van der Waals surface area contributed by atoms with Gasteiger partial charge in [0.15, 0.2) is 0 Å². The highest BCUT2D eigenvalue weighted by atomic mass is 16.5. The van der Waals surface area contributed by atoms with Gasteiger partial charge in [-0.05, 0) is 24.6 Å². The topological polar surface area (TPSA) is 61.3 Å². The van der Waals surface area contributed by atoms with Gasteiger partial charge in [-0.15, -0.1) is 0 Å². The summed E-state index contributed by atoms with van der Waals surface area (Å²) >= 11 is 0. The van der Waals surface area contributed by atoms with Crippen LogP contribution in [-0.4, -0.2) is 6.61 Å². The molecule has 0 radical (unpaired) electrons. The first-order chi connectivity index (χ1) is 5.77. The highest BCUT2D eigenvalue weighted by Crippen LogP contribution is 2.21. The normalized spacial score (nSPS) is 9.83. The lowest BCUT2D eigenvalue weighted by molar-refractivity contribution is 0.342. The second kappa shape index (κ2) is 3.97. The van der Waals surface area contributed by atoms with Gasteiger partial charge in [0.25, 0.3) is 0 Å². The van der Waals surface area contributed by atoms with Crippen molar-refractivity contribution in [1.29, 1.82) is 0 Å². The first kappa shape index (κ1) is 8.87. The van der Waals surface area contributed by atoms with Crippen molar-refractivity contribution in [2.45, 2.75) is 13.5 Å². The SMILES string of the molecule is CCOc1ccc(CN)cc1N. The second-order valence-electron chi connectivity index (χ2n) is 2.51. The molecule has 0 aliphatic carbocycles. The number of hydrogen-bond donors (Lipinski definition) is 2. The molecule has 66 valence electrons. The molecule has 3 nitrogen and oxygen atoms in total. The average Bonchev–Trinajstić information content (AvgIpc) is 2.09. The first-order valence-corrected chi connectivity index (χ1v) is 3.99. The number of nitrogen functional groups attached to an aromatic ring is 1. The quantitative estimate of drug-likeness (QED) is 0.661. The van der Waals surface area contributed by atoms with Crippen molar-refractivity contribution < 1.29 is 4.74 Å². The van der Waals surface area contributed by atoms with Crippen LogP contribution in [0.3, 0.4) is 0 Å². The molecule has 4 N–H and O–H groups in total. The lowest BCUT2D eigenvalue weighted by atomic mass is 10.2. The number of benzene rings is 1. The Bertz CT molecular complexity index is 261. The first-order valence-electron chi connectivity index (χ1n) is 3.99. The molecule has 0 unspecified atom stereocenters. The third-order valence-corrected chi connectivity index (χ3v) is 1.61. The van der Waals surface area contributed by atoms with E-state index in [4.69, 9.17) is 16.2 Å². The van der Waals surface area contributed by atoms with E-state index in [0.29, 0.717) is 18.8 Å². The van der Waals surface area contributed by atoms with Crippen LogP contribution in [0.1, 0.15) is 12.5 Å². The molecule has 0 amide bonds. The summed E-state index contributed by atoms with van der Waals surface area (Å²) in [5, 5.41) is 0. The van der Waals surface area contributed by atoms with Crippen molar-refractivity contribution in [3.63, 3.8) is 0 Å². The summed E-state index contributed by atoms with van der Waals surface area (Å²) < 4.78 is 5.27. The Morgan fingerprint density at radius 1 is 1.42 bits per heavy atom. The smallest absolute Gasteiger partial charge is 0.142 e. The largest absolute Gasteiger partial charge is 0.492 e. The van der Waals surface area contributed by atoms with Crippen LogP contribution >= 0.6 is 0 Å². The van der Waals surface area contributed by atoms with Crippen LogP contribution in [0, 0.1) is 0 Å². The Kier molecular flexibility index (Phi) is 2.94. The third-order valence-electron chi connectivity index (χ3n) is 1.61. The van der Waals surface area contributed by atoms with Gasteiger partial charge >= 0.3 is 0 Å². The average molecular weight is 166 g/mol. The monoisotopic (exact) mass is 166 g/mol. The number of ether oxygens (including phenoxy) is 1. The zero-order valence-electron chi connectivity index (χ0n) is 7.21. The summed E-state index contributed by atoms with van der Waals surface area (Å²) in [5.41, 5.74) is 12.8. The molecule has 0 aliphatic heterocycles. The lowest BCUT2D eigenvalue weighted by Gasteiger charge is -2.07. The highest BCUT2D eigenvalue weighted by molar-refractivity contribution is 5.54. The van der Waals surface area contributed by atoms with Crippen molar-refractivity contribution in [3.8, 4) is 5.75 Å². The van der Waals surface area contributed by atoms with Gasteiger partial charge in [-0.3, -0.25) is 0 Å². The van der Waals surface area contributed by atoms with Crippen LogP contribution in [0.15, 0.2) is 18.2 Å². The van der Waals surface area contributed by atoms with Crippen molar-refractivity contribution in [2.24, 2.45) is 5.73 Å².